The van der Waals surface area contributed by atoms with Gasteiger partial charge in [-0.1, -0.05) is 34.3 Å². The average Bonchev–Trinajstić information content (AvgIpc) is 2.12. The normalized spacial score (nSPS) is 13.0. The first-order valence-electron chi connectivity index (χ1n) is 5.37. The number of carbonyl (C=O) groups is 1. The molecule has 0 fully saturated rings. The van der Waals surface area contributed by atoms with Crippen molar-refractivity contribution in [3.05, 3.63) is 12.2 Å². The first-order valence-corrected chi connectivity index (χ1v) is 5.37. The summed E-state index contributed by atoms with van der Waals surface area (Å²) < 4.78 is 4.97. The lowest BCUT2D eigenvalue weighted by Gasteiger charge is -2.16. The van der Waals surface area contributed by atoms with Crippen LogP contribution in [0.2, 0.25) is 0 Å². The molecule has 15 heavy (non-hydrogen) atoms. The number of carbonyl (C=O) groups excluding carboxylic acids is 1. The van der Waals surface area contributed by atoms with Gasteiger partial charge in [-0.15, -0.1) is 0 Å². The van der Waals surface area contributed by atoms with Crippen molar-refractivity contribution in [2.45, 2.75) is 40.2 Å². The Labute approximate surface area is 92.1 Å². The lowest BCUT2D eigenvalue weighted by molar-refractivity contribution is -0.146. The highest BCUT2D eigenvalue weighted by Crippen LogP contribution is 2.12. The lowest BCUT2D eigenvalue weighted by Crippen LogP contribution is -2.20. The standard InChI is InChI=1S/C12H22O3/c1-8(2)6-11(13)10(5)7-15-12(14)9(3)4/h8-9,11,13H,5-7H2,1-4H3. The van der Waals surface area contributed by atoms with Gasteiger partial charge < -0.3 is 9.84 Å². The van der Waals surface area contributed by atoms with Crippen LogP contribution in [0.25, 0.3) is 0 Å². The van der Waals surface area contributed by atoms with E-state index in [1.54, 1.807) is 13.8 Å². The van der Waals surface area contributed by atoms with E-state index < -0.39 is 6.10 Å². The van der Waals surface area contributed by atoms with Crippen molar-refractivity contribution in [2.75, 3.05) is 6.61 Å². The molecule has 0 amide bonds. The van der Waals surface area contributed by atoms with Gasteiger partial charge in [0.15, 0.2) is 0 Å². The maximum atomic E-state index is 11.1. The van der Waals surface area contributed by atoms with E-state index in [1.807, 2.05) is 13.8 Å². The minimum atomic E-state index is -0.579. The van der Waals surface area contributed by atoms with E-state index >= 15 is 0 Å². The average molecular weight is 214 g/mol. The molecule has 1 N–H and O–H groups in total. The zero-order valence-corrected chi connectivity index (χ0v) is 10.1. The predicted octanol–water partition coefficient (Wildman–Crippen LogP) is 2.15. The van der Waals surface area contributed by atoms with Crippen molar-refractivity contribution < 1.29 is 14.6 Å². The number of ether oxygens (including phenoxy) is 1. The summed E-state index contributed by atoms with van der Waals surface area (Å²) in [5.41, 5.74) is 0.567. The summed E-state index contributed by atoms with van der Waals surface area (Å²) in [5, 5.41) is 9.65. The van der Waals surface area contributed by atoms with Crippen molar-refractivity contribution in [1.29, 1.82) is 0 Å². The predicted molar refractivity (Wildman–Crippen MR) is 60.4 cm³/mol. The SMILES string of the molecule is C=C(COC(=O)C(C)C)C(O)CC(C)C. The summed E-state index contributed by atoms with van der Waals surface area (Å²) in [6.07, 6.45) is 0.0721. The van der Waals surface area contributed by atoms with E-state index in [4.69, 9.17) is 4.74 Å². The number of hydrogen-bond acceptors (Lipinski definition) is 3. The summed E-state index contributed by atoms with van der Waals surface area (Å²) in [4.78, 5) is 11.1. The Morgan fingerprint density at radius 2 is 1.87 bits per heavy atom. The Hall–Kier alpha value is -0.830. The Kier molecular flexibility index (Phi) is 6.25. The van der Waals surface area contributed by atoms with Crippen LogP contribution in [0.5, 0.6) is 0 Å². The third-order valence-electron chi connectivity index (χ3n) is 2.04. The molecule has 0 aliphatic rings. The van der Waals surface area contributed by atoms with Gasteiger partial charge in [-0.25, -0.2) is 0 Å². The van der Waals surface area contributed by atoms with Crippen LogP contribution in [-0.2, 0) is 9.53 Å². The fourth-order valence-corrected chi connectivity index (χ4v) is 1.04. The number of rotatable bonds is 6. The van der Waals surface area contributed by atoms with Crippen LogP contribution in [0, 0.1) is 11.8 Å². The molecule has 0 aromatic rings. The molecule has 0 radical (unpaired) electrons. The van der Waals surface area contributed by atoms with Crippen LogP contribution in [-0.4, -0.2) is 23.8 Å². The molecule has 1 atom stereocenters. The highest BCUT2D eigenvalue weighted by Gasteiger charge is 2.14. The molecule has 0 saturated heterocycles. The number of aliphatic hydroxyl groups is 1. The third-order valence-corrected chi connectivity index (χ3v) is 2.04. The van der Waals surface area contributed by atoms with E-state index in [-0.39, 0.29) is 18.5 Å². The summed E-state index contributed by atoms with van der Waals surface area (Å²) in [6.45, 7) is 11.4. The van der Waals surface area contributed by atoms with Crippen molar-refractivity contribution in [3.63, 3.8) is 0 Å². The maximum Gasteiger partial charge on any atom is 0.308 e. The van der Waals surface area contributed by atoms with Crippen molar-refractivity contribution in [2.24, 2.45) is 11.8 Å². The first kappa shape index (κ1) is 14.2. The highest BCUT2D eigenvalue weighted by molar-refractivity contribution is 5.71. The van der Waals surface area contributed by atoms with Crippen LogP contribution >= 0.6 is 0 Å². The summed E-state index contributed by atoms with van der Waals surface area (Å²) in [6, 6.07) is 0. The van der Waals surface area contributed by atoms with Gasteiger partial charge in [0.2, 0.25) is 0 Å². The van der Waals surface area contributed by atoms with Crippen LogP contribution in [0.1, 0.15) is 34.1 Å². The van der Waals surface area contributed by atoms with Gasteiger partial charge in [-0.2, -0.15) is 0 Å². The molecule has 88 valence electrons. The summed E-state index contributed by atoms with van der Waals surface area (Å²) in [7, 11) is 0. The quantitative estimate of drug-likeness (QED) is 0.544. The van der Waals surface area contributed by atoms with Gasteiger partial charge in [0, 0.05) is 0 Å². The molecule has 0 aliphatic heterocycles. The Morgan fingerprint density at radius 3 is 2.27 bits per heavy atom. The fourth-order valence-electron chi connectivity index (χ4n) is 1.04. The van der Waals surface area contributed by atoms with Gasteiger partial charge in [0.1, 0.15) is 6.61 Å². The van der Waals surface area contributed by atoms with Crippen molar-refractivity contribution in [1.82, 2.24) is 0 Å². The Morgan fingerprint density at radius 1 is 1.33 bits per heavy atom. The molecular weight excluding hydrogens is 192 g/mol. The fraction of sp³-hybridized carbons (Fsp3) is 0.750. The van der Waals surface area contributed by atoms with E-state index in [9.17, 15) is 9.90 Å². The Balaban J connectivity index is 3.88. The number of hydrogen-bond donors (Lipinski definition) is 1. The molecular formula is C12H22O3. The zero-order chi connectivity index (χ0) is 12.0. The zero-order valence-electron chi connectivity index (χ0n) is 10.1. The molecule has 0 rings (SSSR count). The lowest BCUT2D eigenvalue weighted by atomic mass is 10.0. The minimum absolute atomic E-state index is 0.116. The van der Waals surface area contributed by atoms with E-state index in [0.717, 1.165) is 0 Å². The van der Waals surface area contributed by atoms with Crippen LogP contribution < -0.4 is 0 Å². The molecule has 0 bridgehead atoms. The molecule has 0 saturated carbocycles. The number of esters is 1. The second kappa shape index (κ2) is 6.62. The second-order valence-corrected chi connectivity index (χ2v) is 4.57. The molecule has 0 aliphatic carbocycles. The van der Waals surface area contributed by atoms with Crippen LogP contribution in [0.15, 0.2) is 12.2 Å². The topological polar surface area (TPSA) is 46.5 Å². The molecule has 0 aromatic heterocycles. The monoisotopic (exact) mass is 214 g/mol. The van der Waals surface area contributed by atoms with E-state index in [2.05, 4.69) is 6.58 Å². The molecule has 1 unspecified atom stereocenters. The molecule has 0 aromatic carbocycles. The minimum Gasteiger partial charge on any atom is -0.461 e. The molecule has 0 spiro atoms. The molecule has 3 nitrogen and oxygen atoms in total. The van der Waals surface area contributed by atoms with Crippen molar-refractivity contribution >= 4 is 5.97 Å². The van der Waals surface area contributed by atoms with Gasteiger partial charge in [-0.3, -0.25) is 4.79 Å². The smallest absolute Gasteiger partial charge is 0.308 e. The summed E-state index contributed by atoms with van der Waals surface area (Å²) in [5.74, 6) is 0.00508. The highest BCUT2D eigenvalue weighted by atomic mass is 16.5. The van der Waals surface area contributed by atoms with Gasteiger partial charge in [0.05, 0.1) is 12.0 Å². The van der Waals surface area contributed by atoms with Crippen LogP contribution in [0.3, 0.4) is 0 Å². The van der Waals surface area contributed by atoms with E-state index in [0.29, 0.717) is 17.9 Å². The van der Waals surface area contributed by atoms with Crippen LogP contribution in [0.4, 0.5) is 0 Å². The second-order valence-electron chi connectivity index (χ2n) is 4.57. The maximum absolute atomic E-state index is 11.1. The van der Waals surface area contributed by atoms with Crippen molar-refractivity contribution in [3.8, 4) is 0 Å². The van der Waals surface area contributed by atoms with E-state index in [1.165, 1.54) is 0 Å². The third kappa shape index (κ3) is 6.28. The van der Waals surface area contributed by atoms with Gasteiger partial charge in [0.25, 0.3) is 0 Å². The summed E-state index contributed by atoms with van der Waals surface area (Å²) >= 11 is 0. The first-order chi connectivity index (χ1) is 6.84. The van der Waals surface area contributed by atoms with Gasteiger partial charge in [-0.05, 0) is 17.9 Å². The molecule has 0 heterocycles. The Bertz CT molecular complexity index is 219. The molecule has 3 heteroatoms. The largest absolute Gasteiger partial charge is 0.461 e. The van der Waals surface area contributed by atoms with Gasteiger partial charge >= 0.3 is 5.97 Å². The number of aliphatic hydroxyl groups excluding tert-OH is 1.